The number of hydrogen-bond donors (Lipinski definition) is 0. The smallest absolute Gasteiger partial charge is 0.184 e. The maximum atomic E-state index is 6.47. The van der Waals surface area contributed by atoms with E-state index in [1.807, 2.05) is 7.11 Å². The maximum absolute atomic E-state index is 6.47. The summed E-state index contributed by atoms with van der Waals surface area (Å²) in [5.41, 5.74) is 0.653. The van der Waals surface area contributed by atoms with E-state index in [0.717, 1.165) is 5.92 Å². The van der Waals surface area contributed by atoms with Gasteiger partial charge in [0.05, 0.1) is 5.60 Å². The van der Waals surface area contributed by atoms with Gasteiger partial charge in [0, 0.05) is 30.5 Å². The minimum absolute atomic E-state index is 0.190. The number of rotatable bonds is 3. The second kappa shape index (κ2) is 3.13. The summed E-state index contributed by atoms with van der Waals surface area (Å²) in [6, 6.07) is 0. The molecule has 3 saturated carbocycles. The fourth-order valence-corrected chi connectivity index (χ4v) is 6.98. The van der Waals surface area contributed by atoms with Gasteiger partial charge in [0.1, 0.15) is 0 Å². The Labute approximate surface area is 111 Å². The van der Waals surface area contributed by atoms with Crippen LogP contribution in [0.5, 0.6) is 0 Å². The Morgan fingerprint density at radius 3 is 2.61 bits per heavy atom. The van der Waals surface area contributed by atoms with Crippen molar-refractivity contribution in [2.75, 3.05) is 7.11 Å². The van der Waals surface area contributed by atoms with Crippen LogP contribution < -0.4 is 0 Å². The molecule has 0 N–H and O–H groups in total. The van der Waals surface area contributed by atoms with Crippen LogP contribution in [-0.2, 0) is 9.16 Å². The molecule has 0 unspecified atom stereocenters. The van der Waals surface area contributed by atoms with Crippen LogP contribution in [0.4, 0.5) is 0 Å². The standard InChI is InChI=1S/C15H24O2Si/c1-16-15-10-5-6-13(15)14(15)8-7-12(11(14)9-10)17-18(2,3)4/h5-6,10-13H,7-9H2,1-4H3/t10-,11+,12+,13+,14-,15-/m0/s1. The molecule has 0 radical (unpaired) electrons. The first kappa shape index (κ1) is 11.7. The Morgan fingerprint density at radius 1 is 1.22 bits per heavy atom. The zero-order valence-corrected chi connectivity index (χ0v) is 12.9. The lowest BCUT2D eigenvalue weighted by Gasteiger charge is -2.28. The van der Waals surface area contributed by atoms with Crippen molar-refractivity contribution in [2.24, 2.45) is 23.2 Å². The summed E-state index contributed by atoms with van der Waals surface area (Å²) >= 11 is 0. The highest BCUT2D eigenvalue weighted by atomic mass is 28.4. The van der Waals surface area contributed by atoms with Gasteiger partial charge in [-0.25, -0.2) is 0 Å². The normalized spacial score (nSPS) is 55.8. The van der Waals surface area contributed by atoms with Gasteiger partial charge in [-0.2, -0.15) is 0 Å². The van der Waals surface area contributed by atoms with E-state index in [1.165, 1.54) is 19.3 Å². The molecule has 4 aliphatic rings. The molecular formula is C15H24O2Si. The summed E-state index contributed by atoms with van der Waals surface area (Å²) in [4.78, 5) is 0. The first-order chi connectivity index (χ1) is 8.46. The van der Waals surface area contributed by atoms with Crippen LogP contribution in [0.15, 0.2) is 12.2 Å². The summed E-state index contributed by atoms with van der Waals surface area (Å²) in [5.74, 6) is 2.13. The van der Waals surface area contributed by atoms with Gasteiger partial charge in [0.2, 0.25) is 0 Å². The molecule has 0 aromatic rings. The molecule has 3 fully saturated rings. The van der Waals surface area contributed by atoms with Crippen LogP contribution in [0.3, 0.4) is 0 Å². The molecule has 2 nitrogen and oxygen atoms in total. The van der Waals surface area contributed by atoms with Gasteiger partial charge in [-0.1, -0.05) is 12.2 Å². The van der Waals surface area contributed by atoms with E-state index in [4.69, 9.17) is 9.16 Å². The van der Waals surface area contributed by atoms with Crippen molar-refractivity contribution < 1.29 is 9.16 Å². The van der Waals surface area contributed by atoms with Crippen molar-refractivity contribution in [1.82, 2.24) is 0 Å². The second-order valence-corrected chi connectivity index (χ2v) is 12.1. The molecule has 0 aliphatic heterocycles. The van der Waals surface area contributed by atoms with Crippen molar-refractivity contribution in [2.45, 2.75) is 50.6 Å². The average Bonchev–Trinajstić information content (AvgIpc) is 2.54. The Hall–Kier alpha value is -0.123. The van der Waals surface area contributed by atoms with E-state index in [0.29, 0.717) is 23.4 Å². The maximum Gasteiger partial charge on any atom is 0.184 e. The third-order valence-electron chi connectivity index (χ3n) is 6.05. The molecule has 6 atom stereocenters. The van der Waals surface area contributed by atoms with Gasteiger partial charge in [-0.15, -0.1) is 0 Å². The van der Waals surface area contributed by atoms with E-state index in [2.05, 4.69) is 31.8 Å². The fraction of sp³-hybridized carbons (Fsp3) is 0.867. The minimum atomic E-state index is -1.42. The molecule has 0 aromatic carbocycles. The highest BCUT2D eigenvalue weighted by Crippen LogP contribution is 2.85. The lowest BCUT2D eigenvalue weighted by atomic mass is 9.90. The monoisotopic (exact) mass is 264 g/mol. The molecule has 18 heavy (non-hydrogen) atoms. The molecule has 1 spiro atoms. The summed E-state index contributed by atoms with van der Waals surface area (Å²) in [7, 11) is 0.511. The average molecular weight is 264 g/mol. The first-order valence-electron chi connectivity index (χ1n) is 7.37. The molecule has 100 valence electrons. The molecule has 4 rings (SSSR count). The molecule has 4 aliphatic carbocycles. The van der Waals surface area contributed by atoms with Gasteiger partial charge in [0.25, 0.3) is 0 Å². The van der Waals surface area contributed by atoms with E-state index < -0.39 is 8.32 Å². The van der Waals surface area contributed by atoms with Crippen LogP contribution in [0.2, 0.25) is 19.6 Å². The van der Waals surface area contributed by atoms with Gasteiger partial charge in [-0.3, -0.25) is 0 Å². The molecule has 3 heteroatoms. The Kier molecular flexibility index (Phi) is 2.03. The highest BCUT2D eigenvalue weighted by molar-refractivity contribution is 6.69. The van der Waals surface area contributed by atoms with Crippen LogP contribution in [0.1, 0.15) is 19.3 Å². The fourth-order valence-electron chi connectivity index (χ4n) is 5.79. The third-order valence-corrected chi connectivity index (χ3v) is 7.06. The quantitative estimate of drug-likeness (QED) is 0.575. The second-order valence-electron chi connectivity index (χ2n) is 7.66. The van der Waals surface area contributed by atoms with Crippen molar-refractivity contribution in [3.63, 3.8) is 0 Å². The van der Waals surface area contributed by atoms with E-state index in [9.17, 15) is 0 Å². The largest absolute Gasteiger partial charge is 0.414 e. The SMILES string of the molecule is CO[C@]12[C@@H]3C=C[C@H]1C[C@@H]1[C@H](O[Si](C)(C)C)CC[C@]132. The summed E-state index contributed by atoms with van der Waals surface area (Å²) < 4.78 is 12.5. The van der Waals surface area contributed by atoms with Crippen molar-refractivity contribution >= 4 is 8.32 Å². The summed E-state index contributed by atoms with van der Waals surface area (Å²) in [6.07, 6.45) is 9.27. The molecule has 0 amide bonds. The topological polar surface area (TPSA) is 18.5 Å². The lowest BCUT2D eigenvalue weighted by Crippen LogP contribution is -2.35. The predicted octanol–water partition coefficient (Wildman–Crippen LogP) is 3.21. The van der Waals surface area contributed by atoms with E-state index in [1.54, 1.807) is 0 Å². The van der Waals surface area contributed by atoms with Crippen LogP contribution in [0.25, 0.3) is 0 Å². The summed E-state index contributed by atoms with van der Waals surface area (Å²) in [5, 5.41) is 0. The van der Waals surface area contributed by atoms with Crippen LogP contribution in [-0.4, -0.2) is 27.1 Å². The van der Waals surface area contributed by atoms with Gasteiger partial charge >= 0.3 is 0 Å². The van der Waals surface area contributed by atoms with Crippen LogP contribution in [0, 0.1) is 23.2 Å². The van der Waals surface area contributed by atoms with Gasteiger partial charge in [0.15, 0.2) is 8.32 Å². The Morgan fingerprint density at radius 2 is 2.00 bits per heavy atom. The first-order valence-corrected chi connectivity index (χ1v) is 10.8. The van der Waals surface area contributed by atoms with Crippen molar-refractivity contribution in [3.8, 4) is 0 Å². The van der Waals surface area contributed by atoms with E-state index in [-0.39, 0.29) is 5.60 Å². The zero-order chi connectivity index (χ0) is 12.8. The Bertz CT molecular complexity index is 427. The molecule has 0 heterocycles. The number of methoxy groups -OCH3 is 1. The van der Waals surface area contributed by atoms with Crippen LogP contribution >= 0.6 is 0 Å². The molecule has 0 saturated heterocycles. The zero-order valence-electron chi connectivity index (χ0n) is 11.9. The van der Waals surface area contributed by atoms with E-state index >= 15 is 0 Å². The lowest BCUT2D eigenvalue weighted by molar-refractivity contribution is 0.0297. The van der Waals surface area contributed by atoms with Gasteiger partial charge in [-0.05, 0) is 44.8 Å². The molecular weight excluding hydrogens is 240 g/mol. The predicted molar refractivity (Wildman–Crippen MR) is 73.9 cm³/mol. The third kappa shape index (κ3) is 1.05. The highest BCUT2D eigenvalue weighted by Gasteiger charge is 2.88. The molecule has 0 aromatic heterocycles. The van der Waals surface area contributed by atoms with Crippen molar-refractivity contribution in [3.05, 3.63) is 12.2 Å². The number of hydrogen-bond acceptors (Lipinski definition) is 2. The van der Waals surface area contributed by atoms with Gasteiger partial charge < -0.3 is 9.16 Å². The Balaban J connectivity index is 1.64. The number of ether oxygens (including phenoxy) is 1. The minimum Gasteiger partial charge on any atom is -0.414 e. The summed E-state index contributed by atoms with van der Waals surface area (Å²) in [6.45, 7) is 6.95. The van der Waals surface area contributed by atoms with Crippen molar-refractivity contribution in [1.29, 1.82) is 0 Å². The molecule has 0 bridgehead atoms.